The number of aliphatic hydroxyl groups excluding tert-OH is 1. The molecule has 0 saturated carbocycles. The Kier molecular flexibility index (Phi) is 5.25. The van der Waals surface area contributed by atoms with E-state index in [2.05, 4.69) is 20.4 Å². The number of anilines is 1. The van der Waals surface area contributed by atoms with Crippen molar-refractivity contribution in [3.63, 3.8) is 0 Å². The number of piperidine rings is 1. The minimum Gasteiger partial charge on any atom is -0.394 e. The predicted molar refractivity (Wildman–Crippen MR) is 73.7 cm³/mol. The van der Waals surface area contributed by atoms with Crippen LogP contribution >= 0.6 is 0 Å². The molecule has 1 aromatic rings. The second-order valence-electron chi connectivity index (χ2n) is 4.66. The summed E-state index contributed by atoms with van der Waals surface area (Å²) in [5, 5.41) is 19.3. The van der Waals surface area contributed by atoms with Crippen LogP contribution in [0.5, 0.6) is 0 Å². The summed E-state index contributed by atoms with van der Waals surface area (Å²) >= 11 is 0. The Bertz CT molecular complexity index is 438. The Balaban J connectivity index is 1.98. The summed E-state index contributed by atoms with van der Waals surface area (Å²) in [6.45, 7) is 2.03. The number of nitrogens with one attached hydrogen (secondary N) is 1. The molecule has 1 atom stereocenters. The Morgan fingerprint density at radius 1 is 1.55 bits per heavy atom. The van der Waals surface area contributed by atoms with E-state index in [0.717, 1.165) is 31.7 Å². The molecule has 1 aromatic heterocycles. The van der Waals surface area contributed by atoms with Crippen molar-refractivity contribution in [3.05, 3.63) is 17.8 Å². The average Bonchev–Trinajstić information content (AvgIpc) is 2.52. The molecule has 1 aliphatic rings. The fraction of sp³-hybridized carbons (Fsp3) is 0.615. The molecule has 1 saturated heterocycles. The lowest BCUT2D eigenvalue weighted by molar-refractivity contribution is 0.0213. The van der Waals surface area contributed by atoms with Gasteiger partial charge in [0.05, 0.1) is 19.3 Å². The van der Waals surface area contributed by atoms with Crippen LogP contribution in [-0.2, 0) is 4.74 Å². The third kappa shape index (κ3) is 3.64. The number of rotatable bonds is 5. The minimum absolute atomic E-state index is 0.0388. The first kappa shape index (κ1) is 14.7. The number of aliphatic hydroxyl groups is 1. The molecule has 0 spiro atoms. The van der Waals surface area contributed by atoms with Crippen LogP contribution in [0.25, 0.3) is 0 Å². The summed E-state index contributed by atoms with van der Waals surface area (Å²) in [5.74, 6) is 0.502. The van der Waals surface area contributed by atoms with Gasteiger partial charge in [-0.2, -0.15) is 0 Å². The highest BCUT2D eigenvalue weighted by Gasteiger charge is 2.21. The monoisotopic (exact) mass is 280 g/mol. The summed E-state index contributed by atoms with van der Waals surface area (Å²) in [5.41, 5.74) is 0.307. The third-order valence-corrected chi connectivity index (χ3v) is 3.26. The van der Waals surface area contributed by atoms with E-state index < -0.39 is 0 Å². The van der Waals surface area contributed by atoms with Gasteiger partial charge in [-0.1, -0.05) is 0 Å². The maximum atomic E-state index is 11.4. The Morgan fingerprint density at radius 2 is 2.40 bits per heavy atom. The van der Waals surface area contributed by atoms with Crippen molar-refractivity contribution >= 4 is 11.7 Å². The van der Waals surface area contributed by atoms with Gasteiger partial charge in [0.25, 0.3) is 5.91 Å². The SMILES string of the molecule is CNC(=O)c1ccc(N2CCCC(OCCO)C2)nn1. The van der Waals surface area contributed by atoms with Gasteiger partial charge in [-0.05, 0) is 25.0 Å². The van der Waals surface area contributed by atoms with Gasteiger partial charge in [0, 0.05) is 20.1 Å². The first-order chi connectivity index (χ1) is 9.74. The molecule has 1 amide bonds. The molecule has 0 radical (unpaired) electrons. The quantitative estimate of drug-likeness (QED) is 0.777. The largest absolute Gasteiger partial charge is 0.394 e. The molecule has 0 aromatic carbocycles. The molecule has 20 heavy (non-hydrogen) atoms. The van der Waals surface area contributed by atoms with E-state index in [9.17, 15) is 4.79 Å². The van der Waals surface area contributed by atoms with Crippen molar-refractivity contribution in [2.45, 2.75) is 18.9 Å². The van der Waals surface area contributed by atoms with Gasteiger partial charge in [-0.3, -0.25) is 4.79 Å². The summed E-state index contributed by atoms with van der Waals surface area (Å²) < 4.78 is 5.56. The summed E-state index contributed by atoms with van der Waals surface area (Å²) in [4.78, 5) is 13.5. The predicted octanol–water partition coefficient (Wildman–Crippen LogP) is -0.186. The molecule has 110 valence electrons. The van der Waals surface area contributed by atoms with Crippen molar-refractivity contribution in [3.8, 4) is 0 Å². The topological polar surface area (TPSA) is 87.6 Å². The number of aromatic nitrogens is 2. The van der Waals surface area contributed by atoms with Gasteiger partial charge in [-0.15, -0.1) is 10.2 Å². The molecule has 2 N–H and O–H groups in total. The van der Waals surface area contributed by atoms with Crippen molar-refractivity contribution in [2.75, 3.05) is 38.3 Å². The van der Waals surface area contributed by atoms with Gasteiger partial charge in [0.2, 0.25) is 0 Å². The first-order valence-electron chi connectivity index (χ1n) is 6.78. The van der Waals surface area contributed by atoms with E-state index in [1.165, 1.54) is 0 Å². The lowest BCUT2D eigenvalue weighted by Crippen LogP contribution is -2.40. The summed E-state index contributed by atoms with van der Waals surface area (Å²) in [7, 11) is 1.56. The van der Waals surface area contributed by atoms with Crippen molar-refractivity contribution in [2.24, 2.45) is 0 Å². The van der Waals surface area contributed by atoms with E-state index in [0.29, 0.717) is 12.3 Å². The zero-order valence-electron chi connectivity index (χ0n) is 11.6. The molecule has 7 heteroatoms. The highest BCUT2D eigenvalue weighted by atomic mass is 16.5. The number of carbonyl (C=O) groups excluding carboxylic acids is 1. The van der Waals surface area contributed by atoms with E-state index in [4.69, 9.17) is 9.84 Å². The van der Waals surface area contributed by atoms with E-state index in [1.54, 1.807) is 19.2 Å². The van der Waals surface area contributed by atoms with Crippen LogP contribution < -0.4 is 10.2 Å². The molecule has 2 rings (SSSR count). The van der Waals surface area contributed by atoms with E-state index in [-0.39, 0.29) is 18.6 Å². The molecule has 0 aliphatic carbocycles. The van der Waals surface area contributed by atoms with Crippen molar-refractivity contribution < 1.29 is 14.6 Å². The Hall–Kier alpha value is -1.73. The lowest BCUT2D eigenvalue weighted by Gasteiger charge is -2.33. The molecule has 2 heterocycles. The van der Waals surface area contributed by atoms with Gasteiger partial charge < -0.3 is 20.1 Å². The number of nitrogens with zero attached hydrogens (tertiary/aromatic N) is 3. The van der Waals surface area contributed by atoms with Gasteiger partial charge >= 0.3 is 0 Å². The molecule has 1 fully saturated rings. The highest BCUT2D eigenvalue weighted by Crippen LogP contribution is 2.19. The number of amides is 1. The first-order valence-corrected chi connectivity index (χ1v) is 6.78. The molecular weight excluding hydrogens is 260 g/mol. The van der Waals surface area contributed by atoms with E-state index in [1.807, 2.05) is 0 Å². The Labute approximate surface area is 117 Å². The highest BCUT2D eigenvalue weighted by molar-refractivity contribution is 5.91. The van der Waals surface area contributed by atoms with Gasteiger partial charge in [0.15, 0.2) is 11.5 Å². The molecule has 1 aliphatic heterocycles. The normalized spacial score (nSPS) is 18.9. The van der Waals surface area contributed by atoms with Crippen LogP contribution in [-0.4, -0.2) is 60.7 Å². The summed E-state index contributed by atoms with van der Waals surface area (Å²) in [6, 6.07) is 3.46. The van der Waals surface area contributed by atoms with Crippen LogP contribution in [0.4, 0.5) is 5.82 Å². The van der Waals surface area contributed by atoms with Gasteiger partial charge in [-0.25, -0.2) is 0 Å². The minimum atomic E-state index is -0.244. The Morgan fingerprint density at radius 3 is 3.05 bits per heavy atom. The number of hydrogen-bond donors (Lipinski definition) is 2. The third-order valence-electron chi connectivity index (χ3n) is 3.26. The number of ether oxygens (including phenoxy) is 1. The second kappa shape index (κ2) is 7.16. The van der Waals surface area contributed by atoms with Gasteiger partial charge in [0.1, 0.15) is 0 Å². The maximum Gasteiger partial charge on any atom is 0.271 e. The van der Waals surface area contributed by atoms with Crippen LogP contribution in [0.2, 0.25) is 0 Å². The lowest BCUT2D eigenvalue weighted by atomic mass is 10.1. The smallest absolute Gasteiger partial charge is 0.271 e. The average molecular weight is 280 g/mol. The zero-order valence-corrected chi connectivity index (χ0v) is 11.6. The number of hydrogen-bond acceptors (Lipinski definition) is 6. The van der Waals surface area contributed by atoms with Crippen molar-refractivity contribution in [1.82, 2.24) is 15.5 Å². The van der Waals surface area contributed by atoms with Crippen molar-refractivity contribution in [1.29, 1.82) is 0 Å². The fourth-order valence-electron chi connectivity index (χ4n) is 2.24. The van der Waals surface area contributed by atoms with Crippen LogP contribution in [0.3, 0.4) is 0 Å². The van der Waals surface area contributed by atoms with Crippen LogP contribution in [0.15, 0.2) is 12.1 Å². The van der Waals surface area contributed by atoms with Crippen LogP contribution in [0, 0.1) is 0 Å². The summed E-state index contributed by atoms with van der Waals surface area (Å²) in [6.07, 6.45) is 2.10. The maximum absolute atomic E-state index is 11.4. The van der Waals surface area contributed by atoms with Crippen LogP contribution in [0.1, 0.15) is 23.3 Å². The second-order valence-corrected chi connectivity index (χ2v) is 4.66. The standard InChI is InChI=1S/C13H20N4O3/c1-14-13(19)11-4-5-12(16-15-11)17-6-2-3-10(9-17)20-8-7-18/h4-5,10,18H,2-3,6-9H2,1H3,(H,14,19). The molecule has 0 bridgehead atoms. The number of carbonyl (C=O) groups is 1. The van der Waals surface area contributed by atoms with E-state index >= 15 is 0 Å². The zero-order chi connectivity index (χ0) is 14.4. The molecular formula is C13H20N4O3. The molecule has 7 nitrogen and oxygen atoms in total. The molecule has 1 unspecified atom stereocenters. The fourth-order valence-corrected chi connectivity index (χ4v) is 2.24.